The van der Waals surface area contributed by atoms with E-state index in [0.717, 1.165) is 18.4 Å². The number of carbonyl (C=O) groups is 1. The highest BCUT2D eigenvalue weighted by atomic mass is 16.3. The summed E-state index contributed by atoms with van der Waals surface area (Å²) >= 11 is 0. The van der Waals surface area contributed by atoms with Crippen molar-refractivity contribution in [1.82, 2.24) is 4.90 Å². The Morgan fingerprint density at radius 1 is 1.35 bits per heavy atom. The maximum absolute atomic E-state index is 12.3. The van der Waals surface area contributed by atoms with Crippen LogP contribution in [0.5, 0.6) is 5.75 Å². The number of benzene rings is 1. The summed E-state index contributed by atoms with van der Waals surface area (Å²) in [6.45, 7) is 5.23. The van der Waals surface area contributed by atoms with Gasteiger partial charge in [-0.1, -0.05) is 25.5 Å². The summed E-state index contributed by atoms with van der Waals surface area (Å²) in [6.07, 6.45) is 3.49. The Balaban J connectivity index is 2.91. The standard InChI is InChI=1S/C16H20N2O2/c1-3-5-10-18(4-2)16(20)14(12-17)11-13-6-8-15(19)9-7-13/h6-9,11,19H,3-5,10H2,1-2H3/b14-11+. The van der Waals surface area contributed by atoms with E-state index < -0.39 is 0 Å². The van der Waals surface area contributed by atoms with Crippen LogP contribution in [-0.2, 0) is 4.79 Å². The molecule has 0 saturated heterocycles. The van der Waals surface area contributed by atoms with Gasteiger partial charge in [0, 0.05) is 13.1 Å². The number of phenols is 1. The number of amides is 1. The van der Waals surface area contributed by atoms with E-state index in [9.17, 15) is 9.90 Å². The average Bonchev–Trinajstić information content (AvgIpc) is 2.47. The van der Waals surface area contributed by atoms with E-state index in [1.54, 1.807) is 23.1 Å². The maximum Gasteiger partial charge on any atom is 0.264 e. The molecule has 0 heterocycles. The average molecular weight is 272 g/mol. The van der Waals surface area contributed by atoms with E-state index in [0.29, 0.717) is 13.1 Å². The molecule has 1 aromatic rings. The molecule has 0 bridgehead atoms. The third-order valence-electron chi connectivity index (χ3n) is 3.01. The Bertz CT molecular complexity index is 512. The molecule has 20 heavy (non-hydrogen) atoms. The number of aromatic hydroxyl groups is 1. The minimum absolute atomic E-state index is 0.119. The van der Waals surface area contributed by atoms with E-state index in [1.807, 2.05) is 13.0 Å². The molecule has 0 aliphatic heterocycles. The zero-order valence-electron chi connectivity index (χ0n) is 12.0. The SMILES string of the molecule is CCCCN(CC)C(=O)/C(C#N)=C/c1ccc(O)cc1. The van der Waals surface area contributed by atoms with Crippen LogP contribution in [0.2, 0.25) is 0 Å². The van der Waals surface area contributed by atoms with Gasteiger partial charge in [0.1, 0.15) is 17.4 Å². The first-order valence-electron chi connectivity index (χ1n) is 6.82. The number of likely N-dealkylation sites (N-methyl/N-ethyl adjacent to an activating group) is 1. The second-order valence-electron chi connectivity index (χ2n) is 4.50. The van der Waals surface area contributed by atoms with E-state index in [2.05, 4.69) is 6.92 Å². The molecule has 0 fully saturated rings. The highest BCUT2D eigenvalue weighted by Crippen LogP contribution is 2.14. The highest BCUT2D eigenvalue weighted by Gasteiger charge is 2.16. The van der Waals surface area contributed by atoms with Gasteiger partial charge in [0.15, 0.2) is 0 Å². The van der Waals surface area contributed by atoms with Gasteiger partial charge in [0.25, 0.3) is 5.91 Å². The molecule has 0 saturated carbocycles. The molecule has 0 aromatic heterocycles. The number of hydrogen-bond donors (Lipinski definition) is 1. The van der Waals surface area contributed by atoms with Crippen LogP contribution in [0.25, 0.3) is 6.08 Å². The predicted octanol–water partition coefficient (Wildman–Crippen LogP) is 2.95. The fraction of sp³-hybridized carbons (Fsp3) is 0.375. The van der Waals surface area contributed by atoms with Crippen molar-refractivity contribution >= 4 is 12.0 Å². The lowest BCUT2D eigenvalue weighted by Gasteiger charge is -2.20. The molecule has 1 rings (SSSR count). The summed E-state index contributed by atoms with van der Waals surface area (Å²) in [7, 11) is 0. The van der Waals surface area contributed by atoms with Crippen molar-refractivity contribution in [2.24, 2.45) is 0 Å². The molecule has 0 atom stereocenters. The van der Waals surface area contributed by atoms with Gasteiger partial charge in [0.05, 0.1) is 0 Å². The van der Waals surface area contributed by atoms with Crippen molar-refractivity contribution in [3.63, 3.8) is 0 Å². The minimum atomic E-state index is -0.239. The number of carbonyl (C=O) groups excluding carboxylic acids is 1. The molecular formula is C16H20N2O2. The topological polar surface area (TPSA) is 64.3 Å². The monoisotopic (exact) mass is 272 g/mol. The van der Waals surface area contributed by atoms with Crippen LogP contribution in [0.1, 0.15) is 32.3 Å². The van der Waals surface area contributed by atoms with Crippen LogP contribution >= 0.6 is 0 Å². The summed E-state index contributed by atoms with van der Waals surface area (Å²) in [5, 5.41) is 18.4. The van der Waals surface area contributed by atoms with Gasteiger partial charge >= 0.3 is 0 Å². The lowest BCUT2D eigenvalue weighted by molar-refractivity contribution is -0.126. The smallest absolute Gasteiger partial charge is 0.264 e. The Morgan fingerprint density at radius 2 is 2.00 bits per heavy atom. The molecule has 0 radical (unpaired) electrons. The van der Waals surface area contributed by atoms with Gasteiger partial charge < -0.3 is 10.0 Å². The number of nitriles is 1. The molecule has 1 aromatic carbocycles. The fourth-order valence-corrected chi connectivity index (χ4v) is 1.80. The van der Waals surface area contributed by atoms with E-state index in [1.165, 1.54) is 12.1 Å². The molecule has 0 unspecified atom stereocenters. The zero-order valence-corrected chi connectivity index (χ0v) is 12.0. The molecule has 4 nitrogen and oxygen atoms in total. The molecule has 1 N–H and O–H groups in total. The zero-order chi connectivity index (χ0) is 15.0. The summed E-state index contributed by atoms with van der Waals surface area (Å²) in [6, 6.07) is 8.36. The van der Waals surface area contributed by atoms with Crippen molar-refractivity contribution < 1.29 is 9.90 Å². The van der Waals surface area contributed by atoms with E-state index in [4.69, 9.17) is 5.26 Å². The number of phenolic OH excluding ortho intramolecular Hbond substituents is 1. The third-order valence-corrected chi connectivity index (χ3v) is 3.01. The summed E-state index contributed by atoms with van der Waals surface area (Å²) in [5.74, 6) is -0.0818. The molecule has 0 aliphatic carbocycles. The Morgan fingerprint density at radius 3 is 2.50 bits per heavy atom. The van der Waals surface area contributed by atoms with Gasteiger partial charge in [-0.25, -0.2) is 0 Å². The second kappa shape index (κ2) is 8.00. The second-order valence-corrected chi connectivity index (χ2v) is 4.50. The van der Waals surface area contributed by atoms with E-state index in [-0.39, 0.29) is 17.2 Å². The molecular weight excluding hydrogens is 252 g/mol. The molecule has 1 amide bonds. The fourth-order valence-electron chi connectivity index (χ4n) is 1.80. The number of nitrogens with zero attached hydrogens (tertiary/aromatic N) is 2. The number of hydrogen-bond acceptors (Lipinski definition) is 3. The highest BCUT2D eigenvalue weighted by molar-refractivity contribution is 6.01. The molecule has 0 aliphatic rings. The normalized spacial score (nSPS) is 10.9. The Kier molecular flexibility index (Phi) is 6.31. The summed E-state index contributed by atoms with van der Waals surface area (Å²) < 4.78 is 0. The van der Waals surface area contributed by atoms with Crippen molar-refractivity contribution in [2.45, 2.75) is 26.7 Å². The molecule has 0 spiro atoms. The van der Waals surface area contributed by atoms with Gasteiger partial charge in [0.2, 0.25) is 0 Å². The van der Waals surface area contributed by atoms with Crippen molar-refractivity contribution in [3.8, 4) is 11.8 Å². The quantitative estimate of drug-likeness (QED) is 0.639. The van der Waals surface area contributed by atoms with Crippen LogP contribution in [0, 0.1) is 11.3 Å². The van der Waals surface area contributed by atoms with Crippen molar-refractivity contribution in [1.29, 1.82) is 5.26 Å². The van der Waals surface area contributed by atoms with Gasteiger partial charge in [-0.3, -0.25) is 4.79 Å². The van der Waals surface area contributed by atoms with Crippen molar-refractivity contribution in [3.05, 3.63) is 35.4 Å². The Labute approximate surface area is 119 Å². The lowest BCUT2D eigenvalue weighted by Crippen LogP contribution is -2.32. The van der Waals surface area contributed by atoms with Crippen LogP contribution < -0.4 is 0 Å². The van der Waals surface area contributed by atoms with Crippen LogP contribution in [0.4, 0.5) is 0 Å². The van der Waals surface area contributed by atoms with Crippen LogP contribution in [-0.4, -0.2) is 29.0 Å². The first-order valence-corrected chi connectivity index (χ1v) is 6.82. The lowest BCUT2D eigenvalue weighted by atomic mass is 10.1. The third kappa shape index (κ3) is 4.43. The van der Waals surface area contributed by atoms with E-state index >= 15 is 0 Å². The molecule has 4 heteroatoms. The first-order chi connectivity index (χ1) is 9.62. The summed E-state index contributed by atoms with van der Waals surface area (Å²) in [4.78, 5) is 13.9. The Hall–Kier alpha value is -2.28. The number of rotatable bonds is 6. The number of unbranched alkanes of at least 4 members (excludes halogenated alkanes) is 1. The summed E-state index contributed by atoms with van der Waals surface area (Å²) in [5.41, 5.74) is 0.841. The largest absolute Gasteiger partial charge is 0.508 e. The van der Waals surface area contributed by atoms with Crippen LogP contribution in [0.15, 0.2) is 29.8 Å². The molecule has 106 valence electrons. The predicted molar refractivity (Wildman–Crippen MR) is 78.9 cm³/mol. The van der Waals surface area contributed by atoms with Gasteiger partial charge in [-0.15, -0.1) is 0 Å². The van der Waals surface area contributed by atoms with Crippen molar-refractivity contribution in [2.75, 3.05) is 13.1 Å². The van der Waals surface area contributed by atoms with Gasteiger partial charge in [-0.2, -0.15) is 5.26 Å². The van der Waals surface area contributed by atoms with Gasteiger partial charge in [-0.05, 0) is 37.1 Å². The maximum atomic E-state index is 12.3. The first kappa shape index (κ1) is 15.8. The minimum Gasteiger partial charge on any atom is -0.508 e. The van der Waals surface area contributed by atoms with Crippen LogP contribution in [0.3, 0.4) is 0 Å².